The van der Waals surface area contributed by atoms with E-state index in [1.54, 1.807) is 0 Å². The molecule has 1 nitrogen and oxygen atoms in total. The van der Waals surface area contributed by atoms with E-state index >= 15 is 0 Å². The van der Waals surface area contributed by atoms with Crippen LogP contribution in [0.4, 0.5) is 13.2 Å². The van der Waals surface area contributed by atoms with Crippen LogP contribution >= 0.6 is 39.3 Å². The molecule has 0 fully saturated rings. The molecule has 0 aliphatic heterocycles. The highest BCUT2D eigenvalue weighted by Crippen LogP contribution is 2.39. The Morgan fingerprint density at radius 2 is 2.06 bits per heavy atom. The molecule has 0 aliphatic carbocycles. The van der Waals surface area contributed by atoms with Crippen LogP contribution in [0.25, 0.3) is 0 Å². The second-order valence-electron chi connectivity index (χ2n) is 3.05. The summed E-state index contributed by atoms with van der Waals surface area (Å²) >= 11 is 8.37. The molecule has 0 saturated heterocycles. The topological polar surface area (TPSA) is 17.1 Å². The molecule has 0 aromatic heterocycles. The Hall–Kier alpha value is -0.200. The fraction of sp³-hybridized carbons (Fsp3) is 0.300. The lowest BCUT2D eigenvalue weighted by molar-refractivity contribution is -0.0328. The van der Waals surface area contributed by atoms with Crippen molar-refractivity contribution in [2.24, 2.45) is 0 Å². The van der Waals surface area contributed by atoms with Crippen LogP contribution in [0.1, 0.15) is 16.8 Å². The Morgan fingerprint density at radius 1 is 1.41 bits per heavy atom. The molecule has 0 unspecified atom stereocenters. The third kappa shape index (κ3) is 4.89. The van der Waals surface area contributed by atoms with E-state index in [0.29, 0.717) is 5.33 Å². The number of hydrogen-bond acceptors (Lipinski definition) is 2. The molecule has 0 radical (unpaired) electrons. The molecule has 1 rings (SSSR count). The van der Waals surface area contributed by atoms with Crippen molar-refractivity contribution in [1.82, 2.24) is 0 Å². The number of halogens is 5. The monoisotopic (exact) mass is 346 g/mol. The number of benzene rings is 1. The molecule has 1 aromatic rings. The molecule has 0 spiro atoms. The lowest BCUT2D eigenvalue weighted by atomic mass is 10.1. The van der Waals surface area contributed by atoms with Gasteiger partial charge in [0.05, 0.1) is 0 Å². The quantitative estimate of drug-likeness (QED) is 0.437. The van der Waals surface area contributed by atoms with E-state index in [1.165, 1.54) is 12.1 Å². The third-order valence-electron chi connectivity index (χ3n) is 1.79. The van der Waals surface area contributed by atoms with Crippen molar-refractivity contribution in [3.8, 4) is 0 Å². The van der Waals surface area contributed by atoms with Gasteiger partial charge in [-0.25, -0.2) is 0 Å². The number of Topliss-reactive ketones (excluding diaryl/α,β-unsaturated/α-hetero) is 1. The molecule has 0 N–H and O–H groups in total. The number of ketones is 1. The summed E-state index contributed by atoms with van der Waals surface area (Å²) in [6, 6.07) is 3.88. The van der Waals surface area contributed by atoms with Gasteiger partial charge in [-0.1, -0.05) is 27.5 Å². The van der Waals surface area contributed by atoms with Crippen molar-refractivity contribution in [1.29, 1.82) is 0 Å². The highest BCUT2D eigenvalue weighted by molar-refractivity contribution is 9.09. The summed E-state index contributed by atoms with van der Waals surface area (Å²) in [6.07, 6.45) is 0.146. The van der Waals surface area contributed by atoms with Crippen molar-refractivity contribution >= 4 is 45.1 Å². The summed E-state index contributed by atoms with van der Waals surface area (Å²) in [5.41, 5.74) is -4.38. The zero-order chi connectivity index (χ0) is 13.1. The lowest BCUT2D eigenvalue weighted by Crippen LogP contribution is -2.06. The van der Waals surface area contributed by atoms with Crippen LogP contribution in [-0.2, 0) is 0 Å². The number of rotatable bonds is 4. The molecule has 0 saturated carbocycles. The number of carbonyl (C=O) groups excluding carboxylic acids is 1. The molecule has 0 heterocycles. The number of hydrogen-bond donors (Lipinski definition) is 0. The Labute approximate surface area is 114 Å². The maximum atomic E-state index is 12.3. The Bertz CT molecular complexity index is 423. The predicted molar refractivity (Wildman–Crippen MR) is 66.1 cm³/mol. The van der Waals surface area contributed by atoms with E-state index in [-0.39, 0.29) is 39.4 Å². The highest BCUT2D eigenvalue weighted by Gasteiger charge is 2.31. The second-order valence-corrected chi connectivity index (χ2v) is 5.39. The molecule has 94 valence electrons. The maximum Gasteiger partial charge on any atom is 0.446 e. The van der Waals surface area contributed by atoms with Crippen molar-refractivity contribution in [3.63, 3.8) is 0 Å². The minimum Gasteiger partial charge on any atom is -0.294 e. The van der Waals surface area contributed by atoms with E-state index in [4.69, 9.17) is 11.6 Å². The first-order valence-corrected chi connectivity index (χ1v) is 6.79. The van der Waals surface area contributed by atoms with Gasteiger partial charge in [0.25, 0.3) is 0 Å². The summed E-state index contributed by atoms with van der Waals surface area (Å²) in [7, 11) is 0. The SMILES string of the molecule is O=C(CCBr)c1ccc(Cl)cc1SC(F)(F)F. The summed E-state index contributed by atoms with van der Waals surface area (Å²) in [5.74, 6) is -0.342. The van der Waals surface area contributed by atoms with Gasteiger partial charge in [-0.3, -0.25) is 4.79 Å². The molecule has 0 atom stereocenters. The van der Waals surface area contributed by atoms with Gasteiger partial charge in [0.15, 0.2) is 5.78 Å². The first-order valence-electron chi connectivity index (χ1n) is 4.48. The zero-order valence-electron chi connectivity index (χ0n) is 8.35. The van der Waals surface area contributed by atoms with E-state index in [1.807, 2.05) is 0 Å². The summed E-state index contributed by atoms with van der Waals surface area (Å²) in [5, 5.41) is 0.581. The molecule has 7 heteroatoms. The van der Waals surface area contributed by atoms with Gasteiger partial charge in [-0.05, 0) is 30.0 Å². The number of alkyl halides is 4. The van der Waals surface area contributed by atoms with Gasteiger partial charge in [-0.15, -0.1) is 0 Å². The normalized spacial score (nSPS) is 11.6. The Kier molecular flexibility index (Phi) is 5.34. The fourth-order valence-corrected chi connectivity index (χ4v) is 2.48. The predicted octanol–water partition coefficient (Wildman–Crippen LogP) is 4.92. The van der Waals surface area contributed by atoms with Crippen molar-refractivity contribution in [3.05, 3.63) is 28.8 Å². The van der Waals surface area contributed by atoms with Crippen LogP contribution in [0.5, 0.6) is 0 Å². The largest absolute Gasteiger partial charge is 0.446 e. The summed E-state index contributed by atoms with van der Waals surface area (Å²) < 4.78 is 36.9. The minimum atomic E-state index is -4.44. The molecule has 0 aliphatic rings. The molecule has 0 bridgehead atoms. The van der Waals surface area contributed by atoms with Crippen LogP contribution in [0.3, 0.4) is 0 Å². The van der Waals surface area contributed by atoms with Crippen molar-refractivity contribution in [2.45, 2.75) is 16.8 Å². The van der Waals surface area contributed by atoms with Gasteiger partial charge >= 0.3 is 5.51 Å². The Balaban J connectivity index is 3.08. The first kappa shape index (κ1) is 14.9. The molecular weight excluding hydrogens is 341 g/mol. The van der Waals surface area contributed by atoms with E-state index in [2.05, 4.69) is 15.9 Å². The average Bonchev–Trinajstić information content (AvgIpc) is 2.15. The van der Waals surface area contributed by atoms with Gasteiger partial charge in [0.2, 0.25) is 0 Å². The smallest absolute Gasteiger partial charge is 0.294 e. The van der Waals surface area contributed by atoms with E-state index in [9.17, 15) is 18.0 Å². The van der Waals surface area contributed by atoms with Gasteiger partial charge in [0.1, 0.15) is 0 Å². The first-order chi connectivity index (χ1) is 7.83. The number of carbonyl (C=O) groups is 1. The second kappa shape index (κ2) is 6.11. The third-order valence-corrected chi connectivity index (χ3v) is 3.21. The summed E-state index contributed by atoms with van der Waals surface area (Å²) in [6.45, 7) is 0. The average molecular weight is 348 g/mol. The van der Waals surface area contributed by atoms with Crippen LogP contribution < -0.4 is 0 Å². The molecule has 0 amide bonds. The molecule has 1 aromatic carbocycles. The number of thioether (sulfide) groups is 1. The molecular formula is C10H7BrClF3OS. The Morgan fingerprint density at radius 3 is 2.59 bits per heavy atom. The van der Waals surface area contributed by atoms with Gasteiger partial charge in [-0.2, -0.15) is 13.2 Å². The standard InChI is InChI=1S/C10H7BrClF3OS/c11-4-3-8(16)7-2-1-6(12)5-9(7)17-10(13,14)15/h1-2,5H,3-4H2. The highest BCUT2D eigenvalue weighted by atomic mass is 79.9. The van der Waals surface area contributed by atoms with E-state index < -0.39 is 5.51 Å². The van der Waals surface area contributed by atoms with Crippen molar-refractivity contribution < 1.29 is 18.0 Å². The lowest BCUT2D eigenvalue weighted by Gasteiger charge is -2.10. The minimum absolute atomic E-state index is 0.0520. The van der Waals surface area contributed by atoms with Gasteiger partial charge in [0, 0.05) is 27.2 Å². The fourth-order valence-electron chi connectivity index (χ4n) is 1.16. The van der Waals surface area contributed by atoms with Crippen LogP contribution in [0.15, 0.2) is 23.1 Å². The van der Waals surface area contributed by atoms with Crippen molar-refractivity contribution in [2.75, 3.05) is 5.33 Å². The van der Waals surface area contributed by atoms with Crippen LogP contribution in [-0.4, -0.2) is 16.6 Å². The van der Waals surface area contributed by atoms with Crippen LogP contribution in [0.2, 0.25) is 5.02 Å². The zero-order valence-corrected chi connectivity index (χ0v) is 11.5. The summed E-state index contributed by atoms with van der Waals surface area (Å²) in [4.78, 5) is 11.5. The van der Waals surface area contributed by atoms with Gasteiger partial charge < -0.3 is 0 Å². The maximum absolute atomic E-state index is 12.3. The van der Waals surface area contributed by atoms with E-state index in [0.717, 1.165) is 6.07 Å². The molecule has 17 heavy (non-hydrogen) atoms. The van der Waals surface area contributed by atoms with Crippen LogP contribution in [0, 0.1) is 0 Å².